The minimum absolute atomic E-state index is 0.217. The second kappa shape index (κ2) is 6.85. The summed E-state index contributed by atoms with van der Waals surface area (Å²) in [6.45, 7) is 7.22. The molecule has 1 aromatic carbocycles. The number of esters is 1. The van der Waals surface area contributed by atoms with Crippen molar-refractivity contribution in [2.24, 2.45) is 0 Å². The van der Waals surface area contributed by atoms with E-state index in [1.165, 1.54) is 0 Å². The Morgan fingerprint density at radius 1 is 1.25 bits per heavy atom. The van der Waals surface area contributed by atoms with Crippen LogP contribution in [-0.2, 0) is 19.6 Å². The molecule has 1 rings (SSSR count). The van der Waals surface area contributed by atoms with E-state index in [-0.39, 0.29) is 24.6 Å². The third kappa shape index (κ3) is 3.80. The van der Waals surface area contributed by atoms with Crippen LogP contribution in [0.5, 0.6) is 0 Å². The predicted octanol–water partition coefficient (Wildman–Crippen LogP) is 1.88. The van der Waals surface area contributed by atoms with E-state index in [1.807, 2.05) is 13.0 Å². The molecule has 0 fully saturated rings. The lowest BCUT2D eigenvalue weighted by Gasteiger charge is -2.20. The molecule has 6 heteroatoms. The molecule has 20 heavy (non-hydrogen) atoms. The van der Waals surface area contributed by atoms with Crippen molar-refractivity contribution in [2.75, 3.05) is 19.7 Å². The molecule has 5 nitrogen and oxygen atoms in total. The normalized spacial score (nSPS) is 11.7. The fourth-order valence-electron chi connectivity index (χ4n) is 1.95. The molecule has 0 amide bonds. The van der Waals surface area contributed by atoms with Crippen molar-refractivity contribution in [1.82, 2.24) is 4.31 Å². The number of nitrogens with zero attached hydrogens (tertiary/aromatic N) is 1. The number of sulfonamides is 1. The number of hydrogen-bond acceptors (Lipinski definition) is 4. The van der Waals surface area contributed by atoms with E-state index in [9.17, 15) is 13.2 Å². The van der Waals surface area contributed by atoms with E-state index in [0.717, 1.165) is 9.87 Å². The Balaban J connectivity index is 3.09. The number of carbonyl (C=O) groups is 1. The molecular formula is C14H21NO4S. The van der Waals surface area contributed by atoms with Gasteiger partial charge in [0.05, 0.1) is 11.5 Å². The molecule has 0 saturated heterocycles. The van der Waals surface area contributed by atoms with Crippen LogP contribution in [0.15, 0.2) is 23.1 Å². The summed E-state index contributed by atoms with van der Waals surface area (Å²) in [6.07, 6.45) is 0. The summed E-state index contributed by atoms with van der Waals surface area (Å²) in [5.74, 6) is -0.539. The minimum atomic E-state index is -3.68. The summed E-state index contributed by atoms with van der Waals surface area (Å²) in [5, 5.41) is 0. The van der Waals surface area contributed by atoms with Gasteiger partial charge in [-0.3, -0.25) is 4.79 Å². The van der Waals surface area contributed by atoms with Gasteiger partial charge < -0.3 is 4.74 Å². The van der Waals surface area contributed by atoms with E-state index < -0.39 is 16.0 Å². The summed E-state index contributed by atoms with van der Waals surface area (Å²) < 4.78 is 31.0. The predicted molar refractivity (Wildman–Crippen MR) is 77.0 cm³/mol. The Morgan fingerprint density at radius 3 is 2.40 bits per heavy atom. The van der Waals surface area contributed by atoms with Crippen molar-refractivity contribution in [3.63, 3.8) is 0 Å². The Morgan fingerprint density at radius 2 is 1.90 bits per heavy atom. The Kier molecular flexibility index (Phi) is 5.71. The van der Waals surface area contributed by atoms with E-state index >= 15 is 0 Å². The van der Waals surface area contributed by atoms with E-state index in [4.69, 9.17) is 4.74 Å². The van der Waals surface area contributed by atoms with Crippen LogP contribution < -0.4 is 0 Å². The van der Waals surface area contributed by atoms with Crippen LogP contribution in [0, 0.1) is 13.8 Å². The zero-order chi connectivity index (χ0) is 15.3. The first-order chi connectivity index (χ1) is 9.32. The average molecular weight is 299 g/mol. The highest BCUT2D eigenvalue weighted by molar-refractivity contribution is 7.89. The molecule has 0 unspecified atom stereocenters. The molecule has 0 bridgehead atoms. The number of hydrogen-bond donors (Lipinski definition) is 0. The molecule has 0 saturated carbocycles. The molecule has 0 N–H and O–H groups in total. The van der Waals surface area contributed by atoms with E-state index in [1.54, 1.807) is 32.9 Å². The zero-order valence-electron chi connectivity index (χ0n) is 12.3. The van der Waals surface area contributed by atoms with E-state index in [0.29, 0.717) is 5.56 Å². The summed E-state index contributed by atoms with van der Waals surface area (Å²) in [5.41, 5.74) is 1.67. The van der Waals surface area contributed by atoms with Crippen molar-refractivity contribution in [3.8, 4) is 0 Å². The van der Waals surface area contributed by atoms with Crippen LogP contribution in [0.25, 0.3) is 0 Å². The van der Waals surface area contributed by atoms with Gasteiger partial charge in [0, 0.05) is 6.54 Å². The average Bonchev–Trinajstić information content (AvgIpc) is 2.35. The maximum atomic E-state index is 12.6. The lowest BCUT2D eigenvalue weighted by Crippen LogP contribution is -2.36. The molecule has 0 aliphatic heterocycles. The van der Waals surface area contributed by atoms with Gasteiger partial charge in [-0.25, -0.2) is 8.42 Å². The third-order valence-electron chi connectivity index (χ3n) is 2.91. The van der Waals surface area contributed by atoms with Gasteiger partial charge >= 0.3 is 5.97 Å². The first kappa shape index (κ1) is 16.7. The minimum Gasteiger partial charge on any atom is -0.465 e. The van der Waals surface area contributed by atoms with Crippen LogP contribution in [0.4, 0.5) is 0 Å². The molecule has 112 valence electrons. The molecule has 0 heterocycles. The number of carbonyl (C=O) groups excluding carboxylic acids is 1. The summed E-state index contributed by atoms with van der Waals surface area (Å²) in [7, 11) is -3.68. The summed E-state index contributed by atoms with van der Waals surface area (Å²) >= 11 is 0. The second-order valence-electron chi connectivity index (χ2n) is 4.51. The maximum Gasteiger partial charge on any atom is 0.321 e. The molecule has 0 atom stereocenters. The molecule has 0 aliphatic rings. The van der Waals surface area contributed by atoms with Gasteiger partial charge in [-0.05, 0) is 32.4 Å². The summed E-state index contributed by atoms with van der Waals surface area (Å²) in [6, 6.07) is 5.14. The van der Waals surface area contributed by atoms with Gasteiger partial charge in [0.2, 0.25) is 10.0 Å². The van der Waals surface area contributed by atoms with Crippen LogP contribution in [0.2, 0.25) is 0 Å². The number of ether oxygens (including phenoxy) is 1. The van der Waals surface area contributed by atoms with Crippen LogP contribution in [0.1, 0.15) is 25.0 Å². The van der Waals surface area contributed by atoms with Gasteiger partial charge in [0.1, 0.15) is 6.54 Å². The van der Waals surface area contributed by atoms with Gasteiger partial charge in [-0.15, -0.1) is 0 Å². The van der Waals surface area contributed by atoms with Crippen LogP contribution in [-0.4, -0.2) is 38.4 Å². The van der Waals surface area contributed by atoms with Gasteiger partial charge in [-0.2, -0.15) is 4.31 Å². The first-order valence-electron chi connectivity index (χ1n) is 6.56. The molecular weight excluding hydrogens is 278 g/mol. The Labute approximate surface area is 120 Å². The maximum absolute atomic E-state index is 12.6. The fraction of sp³-hybridized carbons (Fsp3) is 0.500. The van der Waals surface area contributed by atoms with Gasteiger partial charge in [0.25, 0.3) is 0 Å². The van der Waals surface area contributed by atoms with E-state index in [2.05, 4.69) is 0 Å². The number of rotatable bonds is 6. The monoisotopic (exact) mass is 299 g/mol. The van der Waals surface area contributed by atoms with Crippen molar-refractivity contribution in [1.29, 1.82) is 0 Å². The van der Waals surface area contributed by atoms with Crippen molar-refractivity contribution >= 4 is 16.0 Å². The standard InChI is InChI=1S/C14H21NO4S/c1-5-15(10-14(16)19-6-2)20(17,18)13-8-7-11(3)9-12(13)4/h7-9H,5-6,10H2,1-4H3. The molecule has 0 spiro atoms. The SMILES string of the molecule is CCOC(=O)CN(CC)S(=O)(=O)c1ccc(C)cc1C. The van der Waals surface area contributed by atoms with Crippen molar-refractivity contribution in [3.05, 3.63) is 29.3 Å². The lowest BCUT2D eigenvalue weighted by atomic mass is 10.2. The number of benzene rings is 1. The quantitative estimate of drug-likeness (QED) is 0.752. The van der Waals surface area contributed by atoms with Crippen LogP contribution >= 0.6 is 0 Å². The first-order valence-corrected chi connectivity index (χ1v) is 8.00. The molecule has 0 aromatic heterocycles. The van der Waals surface area contributed by atoms with Gasteiger partial charge in [0.15, 0.2) is 0 Å². The molecule has 1 aromatic rings. The lowest BCUT2D eigenvalue weighted by molar-refractivity contribution is -0.143. The molecule has 0 aliphatic carbocycles. The number of aryl methyl sites for hydroxylation is 2. The largest absolute Gasteiger partial charge is 0.465 e. The second-order valence-corrected chi connectivity index (χ2v) is 6.41. The highest BCUT2D eigenvalue weighted by atomic mass is 32.2. The van der Waals surface area contributed by atoms with Crippen molar-refractivity contribution < 1.29 is 17.9 Å². The highest BCUT2D eigenvalue weighted by Crippen LogP contribution is 2.20. The Bertz CT molecular complexity index is 581. The molecule has 0 radical (unpaired) electrons. The summed E-state index contributed by atoms with van der Waals surface area (Å²) in [4.78, 5) is 11.7. The third-order valence-corrected chi connectivity index (χ3v) is 4.99. The number of likely N-dealkylation sites (N-methyl/N-ethyl adjacent to an activating group) is 1. The zero-order valence-corrected chi connectivity index (χ0v) is 13.2. The van der Waals surface area contributed by atoms with Crippen molar-refractivity contribution in [2.45, 2.75) is 32.6 Å². The topological polar surface area (TPSA) is 63.7 Å². The highest BCUT2D eigenvalue weighted by Gasteiger charge is 2.27. The fourth-order valence-corrected chi connectivity index (χ4v) is 3.54. The van der Waals surface area contributed by atoms with Gasteiger partial charge in [-0.1, -0.05) is 24.6 Å². The van der Waals surface area contributed by atoms with Crippen LogP contribution in [0.3, 0.4) is 0 Å². The smallest absolute Gasteiger partial charge is 0.321 e. The Hall–Kier alpha value is -1.40.